The number of hydrogen-bond donors (Lipinski definition) is 1. The molecule has 1 unspecified atom stereocenters. The first-order valence-electron chi connectivity index (χ1n) is 9.89. The highest BCUT2D eigenvalue weighted by molar-refractivity contribution is 6.02. The van der Waals surface area contributed by atoms with Crippen molar-refractivity contribution >= 4 is 17.8 Å². The summed E-state index contributed by atoms with van der Waals surface area (Å²) >= 11 is 0. The van der Waals surface area contributed by atoms with Crippen LogP contribution in [0, 0.1) is 23.2 Å². The fourth-order valence-corrected chi connectivity index (χ4v) is 6.92. The van der Waals surface area contributed by atoms with Crippen molar-refractivity contribution in [3.05, 3.63) is 0 Å². The van der Waals surface area contributed by atoms with Crippen molar-refractivity contribution in [3.8, 4) is 0 Å². The van der Waals surface area contributed by atoms with Crippen LogP contribution in [0.5, 0.6) is 0 Å². The molecule has 4 aliphatic carbocycles. The summed E-state index contributed by atoms with van der Waals surface area (Å²) in [7, 11) is 0. The first-order valence-corrected chi connectivity index (χ1v) is 9.89. The summed E-state index contributed by atoms with van der Waals surface area (Å²) in [4.78, 5) is 39.9. The zero-order valence-corrected chi connectivity index (χ0v) is 14.7. The van der Waals surface area contributed by atoms with Crippen LogP contribution in [0.3, 0.4) is 0 Å². The minimum Gasteiger partial charge on any atom is -0.341 e. The van der Waals surface area contributed by atoms with Gasteiger partial charge < -0.3 is 10.2 Å². The van der Waals surface area contributed by atoms with Crippen molar-refractivity contribution in [1.82, 2.24) is 15.1 Å². The molecule has 6 fully saturated rings. The molecule has 1 N–H and O–H groups in total. The fraction of sp³-hybridized carbons (Fsp3) is 0.842. The van der Waals surface area contributed by atoms with Gasteiger partial charge in [0, 0.05) is 19.5 Å². The Balaban J connectivity index is 1.24. The minimum absolute atomic E-state index is 0.0938. The number of urea groups is 1. The lowest BCUT2D eigenvalue weighted by atomic mass is 9.49. The fourth-order valence-electron chi connectivity index (χ4n) is 6.92. The third-order valence-electron chi connectivity index (χ3n) is 7.45. The van der Waals surface area contributed by atoms with E-state index in [1.54, 1.807) is 0 Å². The van der Waals surface area contributed by atoms with E-state index < -0.39 is 0 Å². The SMILES string of the molecule is O=C(CC12CC3CC(CC(C3)C1)C2)N1CCC(N2C(=O)CNC2=O)C1. The number of imide groups is 1. The molecule has 0 radical (unpaired) electrons. The van der Waals surface area contributed by atoms with Crippen molar-refractivity contribution in [2.45, 2.75) is 57.4 Å². The Kier molecular flexibility index (Phi) is 3.41. The van der Waals surface area contributed by atoms with Crippen molar-refractivity contribution in [3.63, 3.8) is 0 Å². The summed E-state index contributed by atoms with van der Waals surface area (Å²) < 4.78 is 0. The smallest absolute Gasteiger partial charge is 0.324 e. The molecule has 1 atom stereocenters. The molecule has 0 aromatic heterocycles. The maximum atomic E-state index is 13.0. The predicted molar refractivity (Wildman–Crippen MR) is 90.5 cm³/mol. The van der Waals surface area contributed by atoms with E-state index in [2.05, 4.69) is 5.32 Å². The topological polar surface area (TPSA) is 69.7 Å². The second-order valence-electron chi connectivity index (χ2n) is 9.30. The van der Waals surface area contributed by atoms with E-state index in [1.165, 1.54) is 43.4 Å². The molecule has 6 heteroatoms. The first kappa shape index (κ1) is 15.6. The second kappa shape index (κ2) is 5.45. The Morgan fingerprint density at radius 3 is 2.28 bits per heavy atom. The van der Waals surface area contributed by atoms with Crippen LogP contribution in [0.25, 0.3) is 0 Å². The van der Waals surface area contributed by atoms with E-state index in [0.29, 0.717) is 25.9 Å². The van der Waals surface area contributed by atoms with Crippen LogP contribution in [0.4, 0.5) is 4.79 Å². The van der Waals surface area contributed by atoms with E-state index in [4.69, 9.17) is 0 Å². The molecular formula is C19H27N3O3. The van der Waals surface area contributed by atoms with Gasteiger partial charge in [0.1, 0.15) is 0 Å². The normalized spacial score (nSPS) is 42.4. The average molecular weight is 345 g/mol. The molecule has 6 aliphatic rings. The maximum Gasteiger partial charge on any atom is 0.324 e. The Labute approximate surface area is 148 Å². The van der Waals surface area contributed by atoms with Gasteiger partial charge in [0.15, 0.2) is 0 Å². The summed E-state index contributed by atoms with van der Waals surface area (Å²) in [6.45, 7) is 1.29. The number of carbonyl (C=O) groups excluding carboxylic acids is 3. The highest BCUT2D eigenvalue weighted by Gasteiger charge is 2.52. The van der Waals surface area contributed by atoms with E-state index in [0.717, 1.165) is 17.8 Å². The summed E-state index contributed by atoms with van der Waals surface area (Å²) in [6.07, 6.45) is 9.32. The van der Waals surface area contributed by atoms with Gasteiger partial charge in [-0.25, -0.2) is 4.79 Å². The van der Waals surface area contributed by atoms with Crippen LogP contribution in [-0.2, 0) is 9.59 Å². The lowest BCUT2D eigenvalue weighted by molar-refractivity contribution is -0.139. The van der Waals surface area contributed by atoms with Crippen LogP contribution in [0.1, 0.15) is 51.4 Å². The predicted octanol–water partition coefficient (Wildman–Crippen LogP) is 1.75. The standard InChI is InChI=1S/C19H27N3O3/c23-16(9-19-6-12-3-13(7-19)5-14(4-12)8-19)21-2-1-15(11-21)22-17(24)10-20-18(22)25/h12-15H,1-11H2,(H,20,25). The van der Waals surface area contributed by atoms with E-state index in [9.17, 15) is 14.4 Å². The van der Waals surface area contributed by atoms with Crippen LogP contribution >= 0.6 is 0 Å². The van der Waals surface area contributed by atoms with Gasteiger partial charge in [-0.2, -0.15) is 0 Å². The van der Waals surface area contributed by atoms with Crippen molar-refractivity contribution in [2.24, 2.45) is 23.2 Å². The van der Waals surface area contributed by atoms with Gasteiger partial charge in [-0.05, 0) is 68.1 Å². The highest BCUT2D eigenvalue weighted by atomic mass is 16.2. The summed E-state index contributed by atoms with van der Waals surface area (Å²) in [5.74, 6) is 2.66. The Morgan fingerprint density at radius 2 is 1.72 bits per heavy atom. The average Bonchev–Trinajstić information content (AvgIpc) is 3.12. The maximum absolute atomic E-state index is 13.0. The lowest BCUT2D eigenvalue weighted by Gasteiger charge is -2.56. The van der Waals surface area contributed by atoms with Crippen LogP contribution < -0.4 is 5.32 Å². The lowest BCUT2D eigenvalue weighted by Crippen LogP contribution is -2.48. The Bertz CT molecular complexity index is 580. The summed E-state index contributed by atoms with van der Waals surface area (Å²) in [5.41, 5.74) is 0.255. The summed E-state index contributed by atoms with van der Waals surface area (Å²) in [6, 6.07) is -0.444. The molecule has 2 saturated heterocycles. The number of rotatable bonds is 3. The molecule has 4 bridgehead atoms. The van der Waals surface area contributed by atoms with E-state index in [1.807, 2.05) is 4.90 Å². The molecule has 2 heterocycles. The Morgan fingerprint density at radius 1 is 1.08 bits per heavy atom. The molecule has 0 aromatic carbocycles. The van der Waals surface area contributed by atoms with Crippen LogP contribution in [0.2, 0.25) is 0 Å². The van der Waals surface area contributed by atoms with Gasteiger partial charge >= 0.3 is 6.03 Å². The van der Waals surface area contributed by atoms with Gasteiger partial charge in [-0.1, -0.05) is 0 Å². The van der Waals surface area contributed by atoms with Gasteiger partial charge in [-0.3, -0.25) is 14.5 Å². The Hall–Kier alpha value is -1.59. The number of likely N-dealkylation sites (tertiary alicyclic amines) is 1. The zero-order chi connectivity index (χ0) is 17.2. The summed E-state index contributed by atoms with van der Waals surface area (Å²) in [5, 5.41) is 2.58. The first-order chi connectivity index (χ1) is 12.0. The number of nitrogens with zero attached hydrogens (tertiary/aromatic N) is 2. The molecule has 4 saturated carbocycles. The van der Waals surface area contributed by atoms with Gasteiger partial charge in [0.25, 0.3) is 0 Å². The molecule has 25 heavy (non-hydrogen) atoms. The number of nitrogens with one attached hydrogen (secondary N) is 1. The molecule has 0 spiro atoms. The molecule has 6 nitrogen and oxygen atoms in total. The van der Waals surface area contributed by atoms with E-state index >= 15 is 0 Å². The molecule has 136 valence electrons. The van der Waals surface area contributed by atoms with Gasteiger partial charge in [0.2, 0.25) is 11.8 Å². The number of carbonyl (C=O) groups is 3. The molecule has 0 aromatic rings. The third-order valence-corrected chi connectivity index (χ3v) is 7.45. The number of amides is 4. The van der Waals surface area contributed by atoms with Crippen molar-refractivity contribution in [2.75, 3.05) is 19.6 Å². The third kappa shape index (κ3) is 2.56. The second-order valence-corrected chi connectivity index (χ2v) is 9.30. The highest BCUT2D eigenvalue weighted by Crippen LogP contribution is 2.61. The van der Waals surface area contributed by atoms with Gasteiger partial charge in [-0.15, -0.1) is 0 Å². The molecule has 6 rings (SSSR count). The quantitative estimate of drug-likeness (QED) is 0.792. The molecule has 4 amide bonds. The van der Waals surface area contributed by atoms with Crippen LogP contribution in [0.15, 0.2) is 0 Å². The zero-order valence-electron chi connectivity index (χ0n) is 14.7. The molecule has 2 aliphatic heterocycles. The van der Waals surface area contributed by atoms with E-state index in [-0.39, 0.29) is 35.8 Å². The molecular weight excluding hydrogens is 318 g/mol. The van der Waals surface area contributed by atoms with Crippen molar-refractivity contribution in [1.29, 1.82) is 0 Å². The van der Waals surface area contributed by atoms with Gasteiger partial charge in [0.05, 0.1) is 12.6 Å². The largest absolute Gasteiger partial charge is 0.341 e. The minimum atomic E-state index is -0.301. The monoisotopic (exact) mass is 345 g/mol. The number of hydrogen-bond acceptors (Lipinski definition) is 3. The van der Waals surface area contributed by atoms with Crippen molar-refractivity contribution < 1.29 is 14.4 Å². The van der Waals surface area contributed by atoms with Crippen LogP contribution in [-0.4, -0.2) is 53.3 Å².